The van der Waals surface area contributed by atoms with Gasteiger partial charge in [-0.25, -0.2) is 0 Å². The van der Waals surface area contributed by atoms with E-state index in [0.717, 1.165) is 26.2 Å². The van der Waals surface area contributed by atoms with Crippen LogP contribution in [0.25, 0.3) is 11.5 Å². The van der Waals surface area contributed by atoms with E-state index in [-0.39, 0.29) is 18.2 Å². The zero-order chi connectivity index (χ0) is 26.9. The molecule has 2 aromatic rings. The van der Waals surface area contributed by atoms with Crippen LogP contribution >= 0.6 is 0 Å². The summed E-state index contributed by atoms with van der Waals surface area (Å²) in [5.41, 5.74) is 1.85. The van der Waals surface area contributed by atoms with Crippen LogP contribution in [0.4, 0.5) is 5.69 Å². The number of para-hydroxylation sites is 1. The van der Waals surface area contributed by atoms with Crippen molar-refractivity contribution in [2.75, 3.05) is 73.5 Å². The lowest BCUT2D eigenvalue weighted by molar-refractivity contribution is -0.117. The molecule has 0 aliphatic carbocycles. The Balaban J connectivity index is 2.04. The summed E-state index contributed by atoms with van der Waals surface area (Å²) in [5, 5.41) is 2.88. The number of nitrogens with zero attached hydrogens (tertiary/aromatic N) is 2. The van der Waals surface area contributed by atoms with Gasteiger partial charge in [-0.15, -0.1) is 0 Å². The molecule has 1 N–H and O–H groups in total. The van der Waals surface area contributed by atoms with Gasteiger partial charge in [-0.1, -0.05) is 23.2 Å². The van der Waals surface area contributed by atoms with Gasteiger partial charge in [0.05, 0.1) is 46.2 Å². The number of hydrogen-bond donors (Lipinski definition) is 1. The van der Waals surface area contributed by atoms with Gasteiger partial charge in [0, 0.05) is 37.5 Å². The number of carbonyl (C=O) groups excluding carboxylic acids is 1. The molecule has 1 fully saturated rings. The standard InChI is InChI=1S/C26H35N3O7S/c1-28-10-12-29(13-11-28)16-24(30)27-21-14-18(17-37(31)32)20(15-23(21)34-3)26(36-5)25(35-4)19-8-6-7-9-22(19)33-2/h6-9,14-15H,10-13,16-17H2,1-5H3,(H,27,30)(H,31,32)/p-1. The fourth-order valence-corrected chi connectivity index (χ4v) is 4.72. The summed E-state index contributed by atoms with van der Waals surface area (Å²) in [7, 11) is 8.05. The predicted molar refractivity (Wildman–Crippen MR) is 142 cm³/mol. The minimum Gasteiger partial charge on any atom is -0.772 e. The molecular formula is C26H34N3O7S-. The molecule has 1 aliphatic rings. The van der Waals surface area contributed by atoms with Crippen molar-refractivity contribution in [1.82, 2.24) is 9.80 Å². The zero-order valence-corrected chi connectivity index (χ0v) is 22.7. The molecular weight excluding hydrogens is 498 g/mol. The molecule has 0 saturated carbocycles. The second kappa shape index (κ2) is 13.4. The van der Waals surface area contributed by atoms with Crippen molar-refractivity contribution in [3.05, 3.63) is 53.1 Å². The zero-order valence-electron chi connectivity index (χ0n) is 21.9. The van der Waals surface area contributed by atoms with E-state index >= 15 is 0 Å². The molecule has 0 radical (unpaired) electrons. The van der Waals surface area contributed by atoms with Crippen LogP contribution < -0.4 is 14.8 Å². The molecule has 1 amide bonds. The summed E-state index contributed by atoms with van der Waals surface area (Å²) in [6.07, 6.45) is 0. The second-order valence-corrected chi connectivity index (χ2v) is 9.45. The molecule has 11 heteroatoms. The van der Waals surface area contributed by atoms with Crippen molar-refractivity contribution in [2.45, 2.75) is 5.75 Å². The molecule has 1 heterocycles. The first-order chi connectivity index (χ1) is 17.8. The van der Waals surface area contributed by atoms with Crippen LogP contribution in [0.1, 0.15) is 16.7 Å². The lowest BCUT2D eigenvalue weighted by Crippen LogP contribution is -2.47. The summed E-state index contributed by atoms with van der Waals surface area (Å²) < 4.78 is 46.1. The SMILES string of the molecule is COC(=C(OC)c1ccccc1OC)c1cc(OC)c(NC(=O)CN2CCN(C)CC2)cc1CS(=O)[O-]. The highest BCUT2D eigenvalue weighted by Crippen LogP contribution is 2.38. The van der Waals surface area contributed by atoms with Crippen molar-refractivity contribution in [3.8, 4) is 11.5 Å². The quantitative estimate of drug-likeness (QED) is 0.265. The summed E-state index contributed by atoms with van der Waals surface area (Å²) in [6, 6.07) is 10.5. The molecule has 1 aliphatic heterocycles. The van der Waals surface area contributed by atoms with Crippen LogP contribution in [0.15, 0.2) is 36.4 Å². The van der Waals surface area contributed by atoms with Crippen molar-refractivity contribution in [1.29, 1.82) is 0 Å². The lowest BCUT2D eigenvalue weighted by atomic mass is 10.0. The van der Waals surface area contributed by atoms with Gasteiger partial charge >= 0.3 is 0 Å². The molecule has 1 saturated heterocycles. The highest BCUT2D eigenvalue weighted by atomic mass is 32.2. The Hall–Kier alpha value is -3.12. The number of amides is 1. The Kier molecular flexibility index (Phi) is 10.3. The van der Waals surface area contributed by atoms with Gasteiger partial charge < -0.3 is 33.7 Å². The summed E-state index contributed by atoms with van der Waals surface area (Å²) in [5.74, 6) is 1.04. The molecule has 10 nitrogen and oxygen atoms in total. The first-order valence-corrected chi connectivity index (χ1v) is 13.0. The Morgan fingerprint density at radius 3 is 2.16 bits per heavy atom. The number of ether oxygens (including phenoxy) is 4. The van der Waals surface area contributed by atoms with E-state index in [2.05, 4.69) is 22.2 Å². The number of anilines is 1. The largest absolute Gasteiger partial charge is 0.772 e. The van der Waals surface area contributed by atoms with Crippen molar-refractivity contribution < 1.29 is 32.5 Å². The predicted octanol–water partition coefficient (Wildman–Crippen LogP) is 2.39. The summed E-state index contributed by atoms with van der Waals surface area (Å²) >= 11 is -2.41. The van der Waals surface area contributed by atoms with Crippen molar-refractivity contribution >= 4 is 34.2 Å². The normalized spacial score (nSPS) is 15.9. The molecule has 3 rings (SSSR count). The average Bonchev–Trinajstić information content (AvgIpc) is 2.88. The monoisotopic (exact) mass is 532 g/mol. The third-order valence-electron chi connectivity index (χ3n) is 6.15. The maximum Gasteiger partial charge on any atom is 0.238 e. The number of piperazine rings is 1. The highest BCUT2D eigenvalue weighted by Gasteiger charge is 2.23. The molecule has 0 bridgehead atoms. The van der Waals surface area contributed by atoms with Gasteiger partial charge in [-0.05, 0) is 36.9 Å². The summed E-state index contributed by atoms with van der Waals surface area (Å²) in [6.45, 7) is 3.61. The van der Waals surface area contributed by atoms with Crippen LogP contribution in [0.5, 0.6) is 11.5 Å². The number of nitrogens with one attached hydrogen (secondary N) is 1. The van der Waals surface area contributed by atoms with Gasteiger partial charge in [0.15, 0.2) is 11.5 Å². The van der Waals surface area contributed by atoms with E-state index in [0.29, 0.717) is 45.4 Å². The van der Waals surface area contributed by atoms with Crippen LogP contribution in [0.2, 0.25) is 0 Å². The molecule has 2 aromatic carbocycles. The fraction of sp³-hybridized carbons (Fsp3) is 0.423. The Morgan fingerprint density at radius 2 is 1.57 bits per heavy atom. The first kappa shape index (κ1) is 28.5. The van der Waals surface area contributed by atoms with E-state index in [1.165, 1.54) is 21.3 Å². The summed E-state index contributed by atoms with van der Waals surface area (Å²) in [4.78, 5) is 17.1. The molecule has 37 heavy (non-hydrogen) atoms. The van der Waals surface area contributed by atoms with Gasteiger partial charge in [-0.2, -0.15) is 0 Å². The topological polar surface area (TPSA) is 113 Å². The van der Waals surface area contributed by atoms with E-state index in [9.17, 15) is 13.6 Å². The molecule has 1 atom stereocenters. The highest BCUT2D eigenvalue weighted by molar-refractivity contribution is 7.78. The number of carbonyl (C=O) groups is 1. The minimum absolute atomic E-state index is 0.209. The maximum absolute atomic E-state index is 12.8. The number of hydrogen-bond acceptors (Lipinski definition) is 9. The molecule has 202 valence electrons. The molecule has 0 aromatic heterocycles. The van der Waals surface area contributed by atoms with Crippen molar-refractivity contribution in [3.63, 3.8) is 0 Å². The Morgan fingerprint density at radius 1 is 0.946 bits per heavy atom. The third kappa shape index (κ3) is 7.22. The van der Waals surface area contributed by atoms with Gasteiger partial charge in [-0.3, -0.25) is 13.9 Å². The smallest absolute Gasteiger partial charge is 0.238 e. The minimum atomic E-state index is -2.41. The number of rotatable bonds is 11. The maximum atomic E-state index is 12.8. The van der Waals surface area contributed by atoms with Gasteiger partial charge in [0.25, 0.3) is 0 Å². The van der Waals surface area contributed by atoms with Crippen LogP contribution in [0.3, 0.4) is 0 Å². The van der Waals surface area contributed by atoms with Crippen LogP contribution in [0, 0.1) is 0 Å². The van der Waals surface area contributed by atoms with E-state index < -0.39 is 11.1 Å². The first-order valence-electron chi connectivity index (χ1n) is 11.7. The van der Waals surface area contributed by atoms with Crippen LogP contribution in [-0.4, -0.2) is 92.7 Å². The Labute approximate surface area is 220 Å². The number of likely N-dealkylation sites (N-methyl/N-ethyl adjacent to an activating group) is 1. The average molecular weight is 533 g/mol. The van der Waals surface area contributed by atoms with E-state index in [1.807, 2.05) is 18.2 Å². The van der Waals surface area contributed by atoms with E-state index in [4.69, 9.17) is 18.9 Å². The number of methoxy groups -OCH3 is 4. The third-order valence-corrected chi connectivity index (χ3v) is 6.69. The van der Waals surface area contributed by atoms with Crippen LogP contribution in [-0.2, 0) is 31.1 Å². The fourth-order valence-electron chi connectivity index (χ4n) is 4.23. The Bertz CT molecular complexity index is 1150. The van der Waals surface area contributed by atoms with Crippen molar-refractivity contribution in [2.24, 2.45) is 0 Å². The molecule has 0 spiro atoms. The van der Waals surface area contributed by atoms with E-state index in [1.54, 1.807) is 25.3 Å². The number of benzene rings is 2. The van der Waals surface area contributed by atoms with Gasteiger partial charge in [0.1, 0.15) is 11.5 Å². The lowest BCUT2D eigenvalue weighted by Gasteiger charge is -2.31. The van der Waals surface area contributed by atoms with Gasteiger partial charge in [0.2, 0.25) is 5.91 Å². The molecule has 1 unspecified atom stereocenters. The second-order valence-electron chi connectivity index (χ2n) is 8.55.